The molecule has 28 heavy (non-hydrogen) atoms. The van der Waals surface area contributed by atoms with Crippen molar-refractivity contribution in [3.8, 4) is 22.1 Å². The molecular weight excluding hydrogens is 374 g/mol. The topological polar surface area (TPSA) is 57.7 Å². The summed E-state index contributed by atoms with van der Waals surface area (Å²) >= 11 is 1.51. The van der Waals surface area contributed by atoms with Crippen LogP contribution in [-0.2, 0) is 11.3 Å². The molecule has 6 heteroatoms. The minimum Gasteiger partial charge on any atom is -0.497 e. The van der Waals surface area contributed by atoms with E-state index in [2.05, 4.69) is 18.8 Å². The third-order valence-corrected chi connectivity index (χ3v) is 4.85. The van der Waals surface area contributed by atoms with Gasteiger partial charge in [0, 0.05) is 10.9 Å². The number of aromatic nitrogens is 1. The van der Waals surface area contributed by atoms with Crippen LogP contribution < -0.4 is 9.47 Å². The van der Waals surface area contributed by atoms with Gasteiger partial charge >= 0.3 is 5.97 Å². The number of esters is 1. The first kappa shape index (κ1) is 19.9. The highest BCUT2D eigenvalue weighted by molar-refractivity contribution is 7.13. The summed E-state index contributed by atoms with van der Waals surface area (Å²) in [7, 11) is 1.64. The summed E-state index contributed by atoms with van der Waals surface area (Å²) in [4.78, 5) is 16.8. The zero-order chi connectivity index (χ0) is 19.9. The van der Waals surface area contributed by atoms with Crippen LogP contribution in [0.15, 0.2) is 53.9 Å². The summed E-state index contributed by atoms with van der Waals surface area (Å²) in [6, 6.07) is 14.7. The molecule has 0 radical (unpaired) electrons. The van der Waals surface area contributed by atoms with Crippen LogP contribution in [0.25, 0.3) is 10.6 Å². The molecule has 2 aromatic carbocycles. The van der Waals surface area contributed by atoms with Crippen molar-refractivity contribution in [1.82, 2.24) is 4.98 Å². The normalized spacial score (nSPS) is 10.7. The standard InChI is InChI=1S/C22H23NO4S/c1-15(2)12-26-20-10-6-17(7-11-20)22(24)27-13-18-14-28-21(23-18)16-4-8-19(25-3)9-5-16/h4-11,14-15H,12-13H2,1-3H3. The fraction of sp³-hybridized carbons (Fsp3) is 0.273. The zero-order valence-electron chi connectivity index (χ0n) is 16.2. The van der Waals surface area contributed by atoms with Crippen LogP contribution in [0, 0.1) is 5.92 Å². The molecule has 3 aromatic rings. The van der Waals surface area contributed by atoms with Crippen molar-refractivity contribution < 1.29 is 19.0 Å². The lowest BCUT2D eigenvalue weighted by Crippen LogP contribution is -2.07. The van der Waals surface area contributed by atoms with Crippen molar-refractivity contribution in [2.45, 2.75) is 20.5 Å². The molecule has 0 aliphatic rings. The van der Waals surface area contributed by atoms with Gasteiger partial charge in [-0.25, -0.2) is 9.78 Å². The Morgan fingerprint density at radius 2 is 1.71 bits per heavy atom. The molecule has 0 atom stereocenters. The number of ether oxygens (including phenoxy) is 3. The number of hydrogen-bond acceptors (Lipinski definition) is 6. The quantitative estimate of drug-likeness (QED) is 0.488. The summed E-state index contributed by atoms with van der Waals surface area (Å²) in [6.45, 7) is 4.95. The number of methoxy groups -OCH3 is 1. The Morgan fingerprint density at radius 3 is 2.36 bits per heavy atom. The lowest BCUT2D eigenvalue weighted by atomic mass is 10.2. The Labute approximate surface area is 168 Å². The van der Waals surface area contributed by atoms with Crippen molar-refractivity contribution in [3.05, 3.63) is 65.2 Å². The predicted octanol–water partition coefficient (Wildman–Crippen LogP) is 5.21. The molecule has 3 rings (SSSR count). The summed E-state index contributed by atoms with van der Waals surface area (Å²) in [5.41, 5.74) is 2.21. The fourth-order valence-electron chi connectivity index (χ4n) is 2.41. The Balaban J connectivity index is 1.55. The Bertz CT molecular complexity index is 901. The molecule has 1 heterocycles. The monoisotopic (exact) mass is 397 g/mol. The minimum atomic E-state index is -0.380. The first-order valence-electron chi connectivity index (χ1n) is 9.04. The number of carbonyl (C=O) groups excluding carboxylic acids is 1. The van der Waals surface area contributed by atoms with Gasteiger partial charge in [-0.1, -0.05) is 13.8 Å². The van der Waals surface area contributed by atoms with E-state index in [1.54, 1.807) is 31.4 Å². The average molecular weight is 397 g/mol. The molecule has 146 valence electrons. The van der Waals surface area contributed by atoms with Crippen LogP contribution in [0.5, 0.6) is 11.5 Å². The van der Waals surface area contributed by atoms with E-state index in [1.807, 2.05) is 29.6 Å². The van der Waals surface area contributed by atoms with Crippen LogP contribution in [0.2, 0.25) is 0 Å². The molecule has 0 saturated heterocycles. The molecule has 0 unspecified atom stereocenters. The Morgan fingerprint density at radius 1 is 1.04 bits per heavy atom. The summed E-state index contributed by atoms with van der Waals surface area (Å²) in [5.74, 6) is 1.61. The van der Waals surface area contributed by atoms with Crippen molar-refractivity contribution >= 4 is 17.3 Å². The maximum Gasteiger partial charge on any atom is 0.338 e. The van der Waals surface area contributed by atoms with Crippen LogP contribution in [0.4, 0.5) is 0 Å². The number of carbonyl (C=O) groups is 1. The highest BCUT2D eigenvalue weighted by Gasteiger charge is 2.10. The van der Waals surface area contributed by atoms with Gasteiger partial charge in [0.05, 0.1) is 25.0 Å². The molecule has 0 aliphatic carbocycles. The van der Waals surface area contributed by atoms with Crippen molar-refractivity contribution in [2.24, 2.45) is 5.92 Å². The average Bonchev–Trinajstić information content (AvgIpc) is 3.20. The third kappa shape index (κ3) is 5.33. The zero-order valence-corrected chi connectivity index (χ0v) is 17.0. The molecular formula is C22H23NO4S. The van der Waals surface area contributed by atoms with Crippen molar-refractivity contribution in [1.29, 1.82) is 0 Å². The van der Waals surface area contributed by atoms with E-state index < -0.39 is 0 Å². The number of benzene rings is 2. The molecule has 0 bridgehead atoms. The van der Waals surface area contributed by atoms with Crippen LogP contribution >= 0.6 is 11.3 Å². The summed E-state index contributed by atoms with van der Waals surface area (Å²) in [6.07, 6.45) is 0. The van der Waals surface area contributed by atoms with E-state index in [-0.39, 0.29) is 12.6 Å². The van der Waals surface area contributed by atoms with E-state index >= 15 is 0 Å². The highest BCUT2D eigenvalue weighted by atomic mass is 32.1. The second-order valence-electron chi connectivity index (χ2n) is 6.68. The van der Waals surface area contributed by atoms with E-state index in [0.29, 0.717) is 18.1 Å². The lowest BCUT2D eigenvalue weighted by molar-refractivity contribution is 0.0468. The Kier molecular flexibility index (Phi) is 6.66. The largest absolute Gasteiger partial charge is 0.497 e. The molecule has 0 spiro atoms. The third-order valence-electron chi connectivity index (χ3n) is 3.91. The smallest absolute Gasteiger partial charge is 0.338 e. The van der Waals surface area contributed by atoms with Gasteiger partial charge in [-0.2, -0.15) is 0 Å². The van der Waals surface area contributed by atoms with Gasteiger partial charge in [0.1, 0.15) is 23.1 Å². The summed E-state index contributed by atoms with van der Waals surface area (Å²) < 4.78 is 16.2. The second-order valence-corrected chi connectivity index (χ2v) is 7.54. The summed E-state index contributed by atoms with van der Waals surface area (Å²) in [5, 5.41) is 2.77. The number of rotatable bonds is 8. The molecule has 0 fully saturated rings. The number of hydrogen-bond donors (Lipinski definition) is 0. The SMILES string of the molecule is COc1ccc(-c2nc(COC(=O)c3ccc(OCC(C)C)cc3)cs2)cc1. The van der Waals surface area contributed by atoms with Crippen LogP contribution in [0.3, 0.4) is 0 Å². The highest BCUT2D eigenvalue weighted by Crippen LogP contribution is 2.26. The van der Waals surface area contributed by atoms with Crippen LogP contribution in [0.1, 0.15) is 29.9 Å². The van der Waals surface area contributed by atoms with E-state index in [1.165, 1.54) is 11.3 Å². The van der Waals surface area contributed by atoms with Gasteiger partial charge < -0.3 is 14.2 Å². The van der Waals surface area contributed by atoms with E-state index in [4.69, 9.17) is 14.2 Å². The minimum absolute atomic E-state index is 0.136. The molecule has 0 amide bonds. The maximum atomic E-state index is 12.2. The lowest BCUT2D eigenvalue weighted by Gasteiger charge is -2.09. The van der Waals surface area contributed by atoms with E-state index in [9.17, 15) is 4.79 Å². The predicted molar refractivity (Wildman–Crippen MR) is 110 cm³/mol. The molecule has 0 saturated carbocycles. The van der Waals surface area contributed by atoms with Gasteiger partial charge in [0.25, 0.3) is 0 Å². The van der Waals surface area contributed by atoms with Gasteiger partial charge in [-0.3, -0.25) is 0 Å². The van der Waals surface area contributed by atoms with Gasteiger partial charge in [-0.15, -0.1) is 11.3 Å². The van der Waals surface area contributed by atoms with Crippen molar-refractivity contribution in [3.63, 3.8) is 0 Å². The van der Waals surface area contributed by atoms with Gasteiger partial charge in [-0.05, 0) is 54.4 Å². The first-order valence-corrected chi connectivity index (χ1v) is 9.92. The molecule has 5 nitrogen and oxygen atoms in total. The fourth-order valence-corrected chi connectivity index (χ4v) is 3.22. The van der Waals surface area contributed by atoms with Gasteiger partial charge in [0.2, 0.25) is 0 Å². The maximum absolute atomic E-state index is 12.2. The molecule has 0 N–H and O–H groups in total. The van der Waals surface area contributed by atoms with Crippen molar-refractivity contribution in [2.75, 3.05) is 13.7 Å². The number of nitrogens with zero attached hydrogens (tertiary/aromatic N) is 1. The Hall–Kier alpha value is -2.86. The van der Waals surface area contributed by atoms with E-state index in [0.717, 1.165) is 27.8 Å². The molecule has 1 aromatic heterocycles. The number of thiazole rings is 1. The molecule has 0 aliphatic heterocycles. The second kappa shape index (κ2) is 9.37. The van der Waals surface area contributed by atoms with Gasteiger partial charge in [0.15, 0.2) is 0 Å². The first-order chi connectivity index (χ1) is 13.5. The van der Waals surface area contributed by atoms with Crippen LogP contribution in [-0.4, -0.2) is 24.7 Å².